The van der Waals surface area contributed by atoms with Crippen LogP contribution >= 0.6 is 11.6 Å². The highest BCUT2D eigenvalue weighted by Gasteiger charge is 2.31. The van der Waals surface area contributed by atoms with E-state index in [0.29, 0.717) is 6.54 Å². The van der Waals surface area contributed by atoms with Gasteiger partial charge < -0.3 is 14.7 Å². The van der Waals surface area contributed by atoms with Gasteiger partial charge in [0, 0.05) is 62.4 Å². The van der Waals surface area contributed by atoms with Crippen molar-refractivity contribution < 1.29 is 4.79 Å². The number of piperazine rings is 1. The Bertz CT molecular complexity index is 779. The molecule has 2 aliphatic heterocycles. The molecule has 4 rings (SSSR count). The third-order valence-electron chi connectivity index (χ3n) is 5.37. The van der Waals surface area contributed by atoms with Crippen LogP contribution in [0.5, 0.6) is 0 Å². The van der Waals surface area contributed by atoms with Crippen molar-refractivity contribution in [2.24, 2.45) is 5.92 Å². The Kier molecular flexibility index (Phi) is 5.43. The summed E-state index contributed by atoms with van der Waals surface area (Å²) in [5, 5.41) is 0.747. The molecule has 6 nitrogen and oxygen atoms in total. The van der Waals surface area contributed by atoms with E-state index in [0.717, 1.165) is 62.2 Å². The molecule has 2 aromatic rings. The number of anilines is 2. The first-order chi connectivity index (χ1) is 13.2. The lowest BCUT2D eigenvalue weighted by Crippen LogP contribution is -2.52. The summed E-state index contributed by atoms with van der Waals surface area (Å²) < 4.78 is 0. The van der Waals surface area contributed by atoms with Gasteiger partial charge in [0.15, 0.2) is 0 Å². The fraction of sp³-hybridized carbons (Fsp3) is 0.450. The lowest BCUT2D eigenvalue weighted by Gasteiger charge is -2.39. The molecule has 2 saturated heterocycles. The van der Waals surface area contributed by atoms with E-state index in [9.17, 15) is 4.79 Å². The summed E-state index contributed by atoms with van der Waals surface area (Å²) in [7, 11) is 0. The Balaban J connectivity index is 1.35. The molecule has 2 fully saturated rings. The Morgan fingerprint density at radius 2 is 1.78 bits per heavy atom. The summed E-state index contributed by atoms with van der Waals surface area (Å²) in [5.41, 5.74) is 1.12. The number of amides is 1. The molecule has 142 valence electrons. The SMILES string of the molecule is O=C(C1CCCN(c2ncccn2)C1)N1CCN(c2cccc(Cl)c2)CC1. The van der Waals surface area contributed by atoms with Crippen LogP contribution in [0.25, 0.3) is 0 Å². The molecule has 1 aromatic heterocycles. The van der Waals surface area contributed by atoms with Crippen molar-refractivity contribution >= 4 is 29.1 Å². The molecule has 0 aliphatic carbocycles. The first-order valence-electron chi connectivity index (χ1n) is 9.52. The fourth-order valence-corrected chi connectivity index (χ4v) is 4.12. The molecule has 0 saturated carbocycles. The van der Waals surface area contributed by atoms with Crippen LogP contribution in [0.15, 0.2) is 42.7 Å². The number of benzene rings is 1. The molecule has 1 atom stereocenters. The van der Waals surface area contributed by atoms with Crippen LogP contribution in [0, 0.1) is 5.92 Å². The Morgan fingerprint density at radius 1 is 1.00 bits per heavy atom. The van der Waals surface area contributed by atoms with Gasteiger partial charge in [0.05, 0.1) is 5.92 Å². The largest absolute Gasteiger partial charge is 0.368 e. The summed E-state index contributed by atoms with van der Waals surface area (Å²) in [5.74, 6) is 1.02. The van der Waals surface area contributed by atoms with Crippen LogP contribution in [-0.2, 0) is 4.79 Å². The van der Waals surface area contributed by atoms with Gasteiger partial charge in [0.2, 0.25) is 11.9 Å². The van der Waals surface area contributed by atoms with Crippen LogP contribution in [0.3, 0.4) is 0 Å². The second-order valence-electron chi connectivity index (χ2n) is 7.13. The summed E-state index contributed by atoms with van der Waals surface area (Å²) in [6, 6.07) is 9.73. The van der Waals surface area contributed by atoms with Gasteiger partial charge in [0.25, 0.3) is 0 Å². The van der Waals surface area contributed by atoms with E-state index in [-0.39, 0.29) is 11.8 Å². The van der Waals surface area contributed by atoms with Crippen LogP contribution in [0.1, 0.15) is 12.8 Å². The molecule has 0 N–H and O–H groups in total. The van der Waals surface area contributed by atoms with Gasteiger partial charge in [-0.1, -0.05) is 17.7 Å². The average molecular weight is 386 g/mol. The number of piperidine rings is 1. The number of hydrogen-bond donors (Lipinski definition) is 0. The quantitative estimate of drug-likeness (QED) is 0.813. The fourth-order valence-electron chi connectivity index (χ4n) is 3.93. The number of aromatic nitrogens is 2. The van der Waals surface area contributed by atoms with Gasteiger partial charge in [-0.05, 0) is 37.1 Å². The lowest BCUT2D eigenvalue weighted by molar-refractivity contribution is -0.136. The van der Waals surface area contributed by atoms with Crippen molar-refractivity contribution in [1.29, 1.82) is 0 Å². The summed E-state index contributed by atoms with van der Waals surface area (Å²) in [6.07, 6.45) is 5.44. The first-order valence-corrected chi connectivity index (χ1v) is 9.90. The molecule has 1 amide bonds. The molecule has 27 heavy (non-hydrogen) atoms. The Hall–Kier alpha value is -2.34. The second kappa shape index (κ2) is 8.13. The number of halogens is 1. The molecule has 0 radical (unpaired) electrons. The third kappa shape index (κ3) is 4.16. The first kappa shape index (κ1) is 18.0. The highest BCUT2D eigenvalue weighted by Crippen LogP contribution is 2.24. The predicted octanol–water partition coefficient (Wildman–Crippen LogP) is 2.70. The van der Waals surface area contributed by atoms with Gasteiger partial charge in [-0.2, -0.15) is 0 Å². The Morgan fingerprint density at radius 3 is 2.52 bits per heavy atom. The third-order valence-corrected chi connectivity index (χ3v) is 5.61. The topological polar surface area (TPSA) is 52.6 Å². The second-order valence-corrected chi connectivity index (χ2v) is 7.56. The van der Waals surface area contributed by atoms with Crippen LogP contribution in [-0.4, -0.2) is 60.0 Å². The number of hydrogen-bond acceptors (Lipinski definition) is 5. The van der Waals surface area contributed by atoms with E-state index >= 15 is 0 Å². The monoisotopic (exact) mass is 385 g/mol. The average Bonchev–Trinajstić information content (AvgIpc) is 2.74. The van der Waals surface area contributed by atoms with E-state index in [1.807, 2.05) is 29.2 Å². The smallest absolute Gasteiger partial charge is 0.227 e. The van der Waals surface area contributed by atoms with Crippen molar-refractivity contribution in [2.75, 3.05) is 49.1 Å². The predicted molar refractivity (Wildman–Crippen MR) is 107 cm³/mol. The van der Waals surface area contributed by atoms with Gasteiger partial charge in [-0.25, -0.2) is 9.97 Å². The lowest BCUT2D eigenvalue weighted by atomic mass is 9.96. The molecular formula is C20H24ClN5O. The van der Waals surface area contributed by atoms with Crippen LogP contribution < -0.4 is 9.80 Å². The number of carbonyl (C=O) groups is 1. The summed E-state index contributed by atoms with van der Waals surface area (Å²) >= 11 is 6.10. The van der Waals surface area contributed by atoms with Gasteiger partial charge >= 0.3 is 0 Å². The van der Waals surface area contributed by atoms with Crippen molar-refractivity contribution in [2.45, 2.75) is 12.8 Å². The molecular weight excluding hydrogens is 362 g/mol. The highest BCUT2D eigenvalue weighted by atomic mass is 35.5. The molecule has 1 unspecified atom stereocenters. The standard InChI is InChI=1S/C20H24ClN5O/c21-17-5-1-6-18(14-17)24-10-12-25(13-11-24)19(27)16-4-2-9-26(15-16)20-22-7-3-8-23-20/h1,3,5-8,14,16H,2,4,9-13,15H2. The molecule has 0 spiro atoms. The number of rotatable bonds is 3. The van der Waals surface area contributed by atoms with E-state index in [1.54, 1.807) is 12.4 Å². The molecule has 7 heteroatoms. The van der Waals surface area contributed by atoms with E-state index < -0.39 is 0 Å². The minimum Gasteiger partial charge on any atom is -0.368 e. The maximum absolute atomic E-state index is 13.0. The minimum absolute atomic E-state index is 0.0280. The Labute approximate surface area is 164 Å². The number of nitrogens with zero attached hydrogens (tertiary/aromatic N) is 5. The zero-order chi connectivity index (χ0) is 18.6. The van der Waals surface area contributed by atoms with Crippen molar-refractivity contribution in [3.63, 3.8) is 0 Å². The molecule has 0 bridgehead atoms. The van der Waals surface area contributed by atoms with Crippen LogP contribution in [0.4, 0.5) is 11.6 Å². The number of carbonyl (C=O) groups excluding carboxylic acids is 1. The maximum atomic E-state index is 13.0. The summed E-state index contributed by atoms with van der Waals surface area (Å²) in [6.45, 7) is 4.80. The molecule has 3 heterocycles. The summed E-state index contributed by atoms with van der Waals surface area (Å²) in [4.78, 5) is 28.2. The minimum atomic E-state index is 0.0280. The normalized spacial score (nSPS) is 20.6. The van der Waals surface area contributed by atoms with E-state index in [1.165, 1.54) is 0 Å². The molecule has 2 aliphatic rings. The van der Waals surface area contributed by atoms with Crippen molar-refractivity contribution in [3.8, 4) is 0 Å². The van der Waals surface area contributed by atoms with E-state index in [4.69, 9.17) is 11.6 Å². The van der Waals surface area contributed by atoms with Gasteiger partial charge in [-0.3, -0.25) is 4.79 Å². The van der Waals surface area contributed by atoms with Crippen LogP contribution in [0.2, 0.25) is 5.02 Å². The van der Waals surface area contributed by atoms with Crippen molar-refractivity contribution in [1.82, 2.24) is 14.9 Å². The van der Waals surface area contributed by atoms with Gasteiger partial charge in [0.1, 0.15) is 0 Å². The zero-order valence-corrected chi connectivity index (χ0v) is 16.1. The van der Waals surface area contributed by atoms with Gasteiger partial charge in [-0.15, -0.1) is 0 Å². The highest BCUT2D eigenvalue weighted by molar-refractivity contribution is 6.30. The zero-order valence-electron chi connectivity index (χ0n) is 15.3. The maximum Gasteiger partial charge on any atom is 0.227 e. The molecule has 1 aromatic carbocycles. The van der Waals surface area contributed by atoms with Crippen molar-refractivity contribution in [3.05, 3.63) is 47.7 Å². The van der Waals surface area contributed by atoms with E-state index in [2.05, 4.69) is 25.8 Å².